The van der Waals surface area contributed by atoms with Gasteiger partial charge < -0.3 is 9.72 Å². The third-order valence-electron chi connectivity index (χ3n) is 3.05. The Morgan fingerprint density at radius 2 is 2.00 bits per heavy atom. The van der Waals surface area contributed by atoms with E-state index in [0.29, 0.717) is 17.0 Å². The highest BCUT2D eigenvalue weighted by Crippen LogP contribution is 2.31. The van der Waals surface area contributed by atoms with Crippen LogP contribution in [-0.2, 0) is 4.74 Å². The molecule has 0 amide bonds. The molecule has 0 aliphatic carbocycles. The summed E-state index contributed by atoms with van der Waals surface area (Å²) in [4.78, 5) is 19.6. The molecule has 1 N–H and O–H groups in total. The van der Waals surface area contributed by atoms with Gasteiger partial charge in [0.05, 0.1) is 23.7 Å². The summed E-state index contributed by atoms with van der Waals surface area (Å²) in [5.41, 5.74) is 2.96. The third kappa shape index (κ3) is 2.10. The third-order valence-corrected chi connectivity index (χ3v) is 3.71. The second-order valence-electron chi connectivity index (χ2n) is 4.26. The number of esters is 1. The van der Waals surface area contributed by atoms with Crippen LogP contribution in [-0.4, -0.2) is 23.0 Å². The molecule has 20 heavy (non-hydrogen) atoms. The molecule has 1 aromatic heterocycles. The highest BCUT2D eigenvalue weighted by atomic mass is 79.9. The smallest absolute Gasteiger partial charge is 0.338 e. The van der Waals surface area contributed by atoms with Crippen LogP contribution in [0.25, 0.3) is 22.4 Å². The molecule has 0 aliphatic rings. The van der Waals surface area contributed by atoms with Crippen molar-refractivity contribution in [1.29, 1.82) is 0 Å². The lowest BCUT2D eigenvalue weighted by molar-refractivity contribution is 0.0601. The fraction of sp³-hybridized carbons (Fsp3) is 0.0667. The van der Waals surface area contributed by atoms with Crippen molar-refractivity contribution in [2.45, 2.75) is 0 Å². The number of rotatable bonds is 2. The monoisotopic (exact) mass is 330 g/mol. The van der Waals surface area contributed by atoms with E-state index in [1.54, 1.807) is 12.1 Å². The molecule has 0 bridgehead atoms. The minimum atomic E-state index is -0.387. The normalized spacial score (nSPS) is 10.7. The standard InChI is InChI=1S/C15H11BrN2O2/c1-20-15(19)9-5-4-6-10(16)13(9)14-17-11-7-2-3-8-12(11)18-14/h2-8H,1H3,(H,17,18). The molecule has 3 aromatic rings. The number of carbonyl (C=O) groups is 1. The number of para-hydroxylation sites is 2. The van der Waals surface area contributed by atoms with Crippen LogP contribution >= 0.6 is 15.9 Å². The molecule has 0 fully saturated rings. The minimum absolute atomic E-state index is 0.387. The van der Waals surface area contributed by atoms with E-state index in [0.717, 1.165) is 15.5 Å². The van der Waals surface area contributed by atoms with Gasteiger partial charge in [-0.1, -0.05) is 34.1 Å². The zero-order chi connectivity index (χ0) is 14.1. The van der Waals surface area contributed by atoms with Gasteiger partial charge in [0.15, 0.2) is 0 Å². The number of carbonyl (C=O) groups excluding carboxylic acids is 1. The van der Waals surface area contributed by atoms with Crippen LogP contribution in [0.15, 0.2) is 46.9 Å². The molecule has 0 saturated carbocycles. The molecule has 0 saturated heterocycles. The van der Waals surface area contributed by atoms with E-state index in [4.69, 9.17) is 4.74 Å². The molecular weight excluding hydrogens is 320 g/mol. The Morgan fingerprint density at radius 1 is 1.20 bits per heavy atom. The number of aromatic nitrogens is 2. The molecule has 100 valence electrons. The van der Waals surface area contributed by atoms with Gasteiger partial charge in [0.1, 0.15) is 5.82 Å². The first-order chi connectivity index (χ1) is 9.70. The summed E-state index contributed by atoms with van der Waals surface area (Å²) in [6.45, 7) is 0. The Hall–Kier alpha value is -2.14. The number of nitrogens with zero attached hydrogens (tertiary/aromatic N) is 1. The highest BCUT2D eigenvalue weighted by molar-refractivity contribution is 9.10. The Labute approximate surface area is 123 Å². The number of halogens is 1. The predicted octanol–water partition coefficient (Wildman–Crippen LogP) is 3.78. The number of hydrogen-bond acceptors (Lipinski definition) is 3. The van der Waals surface area contributed by atoms with Crippen LogP contribution in [0.5, 0.6) is 0 Å². The second kappa shape index (κ2) is 5.09. The van der Waals surface area contributed by atoms with Crippen LogP contribution in [0.2, 0.25) is 0 Å². The zero-order valence-electron chi connectivity index (χ0n) is 10.7. The minimum Gasteiger partial charge on any atom is -0.465 e. The van der Waals surface area contributed by atoms with Crippen LogP contribution in [0.4, 0.5) is 0 Å². The second-order valence-corrected chi connectivity index (χ2v) is 5.11. The fourth-order valence-corrected chi connectivity index (χ4v) is 2.67. The lowest BCUT2D eigenvalue weighted by Crippen LogP contribution is -2.04. The highest BCUT2D eigenvalue weighted by Gasteiger charge is 2.18. The van der Waals surface area contributed by atoms with E-state index in [9.17, 15) is 4.79 Å². The zero-order valence-corrected chi connectivity index (χ0v) is 12.3. The maximum absolute atomic E-state index is 11.9. The number of H-pyrrole nitrogens is 1. The summed E-state index contributed by atoms with van der Waals surface area (Å²) < 4.78 is 5.62. The molecule has 3 rings (SSSR count). The number of imidazole rings is 1. The number of hydrogen-bond donors (Lipinski definition) is 1. The Bertz CT molecular complexity index is 762. The van der Waals surface area contributed by atoms with Crippen molar-refractivity contribution in [3.05, 3.63) is 52.5 Å². The molecule has 0 radical (unpaired) electrons. The van der Waals surface area contributed by atoms with E-state index >= 15 is 0 Å². The average molecular weight is 331 g/mol. The summed E-state index contributed by atoms with van der Waals surface area (Å²) in [5, 5.41) is 0. The number of ether oxygens (including phenoxy) is 1. The van der Waals surface area contributed by atoms with Gasteiger partial charge in [-0.25, -0.2) is 9.78 Å². The molecule has 0 spiro atoms. The summed E-state index contributed by atoms with van der Waals surface area (Å²) in [6.07, 6.45) is 0. The molecule has 2 aromatic carbocycles. The summed E-state index contributed by atoms with van der Waals surface area (Å²) in [7, 11) is 1.37. The number of nitrogens with one attached hydrogen (secondary N) is 1. The first-order valence-electron chi connectivity index (χ1n) is 6.02. The first-order valence-corrected chi connectivity index (χ1v) is 6.82. The quantitative estimate of drug-likeness (QED) is 0.727. The van der Waals surface area contributed by atoms with E-state index in [1.165, 1.54) is 7.11 Å². The summed E-state index contributed by atoms with van der Waals surface area (Å²) in [6, 6.07) is 13.1. The van der Waals surface area contributed by atoms with Crippen LogP contribution in [0, 0.1) is 0 Å². The largest absolute Gasteiger partial charge is 0.465 e. The molecule has 0 aliphatic heterocycles. The lowest BCUT2D eigenvalue weighted by Gasteiger charge is -2.07. The van der Waals surface area contributed by atoms with Crippen molar-refractivity contribution >= 4 is 32.9 Å². The van der Waals surface area contributed by atoms with Crippen molar-refractivity contribution in [2.24, 2.45) is 0 Å². The maximum Gasteiger partial charge on any atom is 0.338 e. The number of aromatic amines is 1. The SMILES string of the molecule is COC(=O)c1cccc(Br)c1-c1nc2ccccc2[nH]1. The molecule has 0 unspecified atom stereocenters. The molecule has 0 atom stereocenters. The van der Waals surface area contributed by atoms with Gasteiger partial charge in [-0.2, -0.15) is 0 Å². The number of fused-ring (bicyclic) bond motifs is 1. The predicted molar refractivity (Wildman–Crippen MR) is 80.6 cm³/mol. The Balaban J connectivity index is 2.25. The van der Waals surface area contributed by atoms with Gasteiger partial charge in [-0.3, -0.25) is 0 Å². The van der Waals surface area contributed by atoms with Gasteiger partial charge in [-0.15, -0.1) is 0 Å². The van der Waals surface area contributed by atoms with Crippen molar-refractivity contribution in [2.75, 3.05) is 7.11 Å². The van der Waals surface area contributed by atoms with E-state index in [-0.39, 0.29) is 5.97 Å². The van der Waals surface area contributed by atoms with E-state index in [1.807, 2.05) is 30.3 Å². The summed E-state index contributed by atoms with van der Waals surface area (Å²) in [5.74, 6) is 0.251. The Morgan fingerprint density at radius 3 is 2.75 bits per heavy atom. The topological polar surface area (TPSA) is 55.0 Å². The van der Waals surface area contributed by atoms with E-state index in [2.05, 4.69) is 25.9 Å². The van der Waals surface area contributed by atoms with Crippen LogP contribution in [0.1, 0.15) is 10.4 Å². The van der Waals surface area contributed by atoms with Crippen molar-refractivity contribution in [3.63, 3.8) is 0 Å². The van der Waals surface area contributed by atoms with Crippen LogP contribution < -0.4 is 0 Å². The Kier molecular flexibility index (Phi) is 3.28. The molecule has 1 heterocycles. The maximum atomic E-state index is 11.9. The molecule has 5 heteroatoms. The van der Waals surface area contributed by atoms with Crippen molar-refractivity contribution in [3.8, 4) is 11.4 Å². The fourth-order valence-electron chi connectivity index (χ4n) is 2.12. The summed E-state index contributed by atoms with van der Waals surface area (Å²) >= 11 is 3.47. The number of methoxy groups -OCH3 is 1. The van der Waals surface area contributed by atoms with Crippen molar-refractivity contribution < 1.29 is 9.53 Å². The van der Waals surface area contributed by atoms with Crippen molar-refractivity contribution in [1.82, 2.24) is 9.97 Å². The van der Waals surface area contributed by atoms with Gasteiger partial charge >= 0.3 is 5.97 Å². The molecule has 4 nitrogen and oxygen atoms in total. The van der Waals surface area contributed by atoms with E-state index < -0.39 is 0 Å². The number of benzene rings is 2. The van der Waals surface area contributed by atoms with Gasteiger partial charge in [0.2, 0.25) is 0 Å². The lowest BCUT2D eigenvalue weighted by atomic mass is 10.1. The van der Waals surface area contributed by atoms with Gasteiger partial charge in [-0.05, 0) is 24.3 Å². The molecular formula is C15H11BrN2O2. The van der Waals surface area contributed by atoms with Crippen LogP contribution in [0.3, 0.4) is 0 Å². The average Bonchev–Trinajstić information content (AvgIpc) is 2.89. The van der Waals surface area contributed by atoms with Gasteiger partial charge in [0.25, 0.3) is 0 Å². The first kappa shape index (κ1) is 12.9. The van der Waals surface area contributed by atoms with Gasteiger partial charge in [0, 0.05) is 10.0 Å².